The molecule has 0 aromatic heterocycles. The molecule has 0 aliphatic heterocycles. The highest BCUT2D eigenvalue weighted by Gasteiger charge is 2.57. The molecule has 3 nitrogen and oxygen atoms in total. The lowest BCUT2D eigenvalue weighted by Crippen LogP contribution is -2.37. The first-order valence-corrected chi connectivity index (χ1v) is 3.01. The number of rotatable bonds is 1. The van der Waals surface area contributed by atoms with Gasteiger partial charge >= 0.3 is 5.79 Å². The van der Waals surface area contributed by atoms with Crippen LogP contribution >= 0.6 is 0 Å². The highest BCUT2D eigenvalue weighted by atomic mass is 19.2. The molecule has 0 N–H and O–H groups in total. The van der Waals surface area contributed by atoms with Gasteiger partial charge in [0.2, 0.25) is 5.83 Å². The maximum atomic E-state index is 12.9. The number of allylic oxidation sites excluding steroid dienone is 2. The van der Waals surface area contributed by atoms with Crippen molar-refractivity contribution >= 4 is 0 Å². The molecule has 71 valence electrons. The molecule has 0 saturated heterocycles. The molecule has 0 spiro atoms. The number of hydrogen-bond acceptors (Lipinski definition) is 2. The molecule has 0 heterocycles. The predicted molar refractivity (Wildman–Crippen MR) is 33.6 cm³/mol. The molecule has 0 fully saturated rings. The van der Waals surface area contributed by atoms with Crippen LogP contribution in [-0.2, 0) is 0 Å². The molecule has 0 saturated carbocycles. The SMILES string of the molecule is O=[N+]([O-])C1(F)C(F)=C[CH]C(F)=C1F. The van der Waals surface area contributed by atoms with E-state index in [0.29, 0.717) is 0 Å². The second kappa shape index (κ2) is 2.82. The number of hydrogen-bond donors (Lipinski definition) is 0. The zero-order valence-corrected chi connectivity index (χ0v) is 5.93. The fourth-order valence-corrected chi connectivity index (χ4v) is 0.760. The number of nitrogens with zero attached hydrogens (tertiary/aromatic N) is 1. The first kappa shape index (κ1) is 9.69. The quantitative estimate of drug-likeness (QED) is 0.279. The summed E-state index contributed by atoms with van der Waals surface area (Å²) in [4.78, 5) is 8.06. The lowest BCUT2D eigenvalue weighted by Gasteiger charge is -2.16. The minimum Gasteiger partial charge on any atom is -0.261 e. The van der Waals surface area contributed by atoms with Gasteiger partial charge in [0.05, 0.1) is 4.92 Å². The van der Waals surface area contributed by atoms with E-state index in [0.717, 1.165) is 0 Å². The van der Waals surface area contributed by atoms with E-state index in [4.69, 9.17) is 0 Å². The smallest absolute Gasteiger partial charge is 0.261 e. The molecule has 1 aliphatic carbocycles. The number of nitro groups is 1. The minimum atomic E-state index is -4.21. The average Bonchev–Trinajstić information content (AvgIpc) is 2.08. The molecule has 0 aromatic carbocycles. The van der Waals surface area contributed by atoms with Crippen molar-refractivity contribution in [1.29, 1.82) is 0 Å². The Hall–Kier alpha value is -1.40. The summed E-state index contributed by atoms with van der Waals surface area (Å²) >= 11 is 0. The van der Waals surface area contributed by atoms with Crippen molar-refractivity contribution in [3.05, 3.63) is 40.1 Å². The first-order valence-electron chi connectivity index (χ1n) is 3.01. The van der Waals surface area contributed by atoms with Gasteiger partial charge in [0.15, 0.2) is 5.83 Å². The zero-order chi connectivity index (χ0) is 10.2. The van der Waals surface area contributed by atoms with Crippen LogP contribution in [-0.4, -0.2) is 10.7 Å². The molecular weight excluding hydrogens is 194 g/mol. The Labute approximate surface area is 69.5 Å². The fraction of sp³-hybridized carbons (Fsp3) is 0.167. The van der Waals surface area contributed by atoms with E-state index in [1.54, 1.807) is 0 Å². The van der Waals surface area contributed by atoms with Crippen LogP contribution in [0.3, 0.4) is 0 Å². The number of alkyl halides is 1. The van der Waals surface area contributed by atoms with Gasteiger partial charge in [-0.05, 0) is 6.08 Å². The predicted octanol–water partition coefficient (Wildman–Crippen LogP) is 2.15. The topological polar surface area (TPSA) is 43.1 Å². The van der Waals surface area contributed by atoms with Gasteiger partial charge in [-0.15, -0.1) is 0 Å². The van der Waals surface area contributed by atoms with Crippen LogP contribution in [0.1, 0.15) is 0 Å². The van der Waals surface area contributed by atoms with Gasteiger partial charge in [0, 0.05) is 6.42 Å². The molecule has 0 amide bonds. The summed E-state index contributed by atoms with van der Waals surface area (Å²) in [5.41, 5.74) is 0. The summed E-state index contributed by atoms with van der Waals surface area (Å²) < 4.78 is 50.2. The minimum absolute atomic E-state index is 0.168. The van der Waals surface area contributed by atoms with Gasteiger partial charge in [0.1, 0.15) is 0 Å². The number of halogens is 4. The first-order chi connectivity index (χ1) is 5.90. The molecule has 0 bridgehead atoms. The Balaban J connectivity index is 3.26. The van der Waals surface area contributed by atoms with Crippen molar-refractivity contribution in [1.82, 2.24) is 0 Å². The van der Waals surface area contributed by atoms with E-state index in [9.17, 15) is 27.7 Å². The highest BCUT2D eigenvalue weighted by molar-refractivity contribution is 5.35. The Morgan fingerprint density at radius 1 is 1.38 bits per heavy atom. The molecule has 1 aliphatic rings. The molecule has 1 atom stereocenters. The van der Waals surface area contributed by atoms with E-state index in [-0.39, 0.29) is 12.5 Å². The van der Waals surface area contributed by atoms with Crippen LogP contribution in [0.15, 0.2) is 23.6 Å². The van der Waals surface area contributed by atoms with Crippen molar-refractivity contribution in [3.8, 4) is 0 Å². The van der Waals surface area contributed by atoms with Crippen LogP contribution < -0.4 is 0 Å². The van der Waals surface area contributed by atoms with Crippen molar-refractivity contribution in [3.63, 3.8) is 0 Å². The summed E-state index contributed by atoms with van der Waals surface area (Å²) in [6.07, 6.45) is 0.438. The van der Waals surface area contributed by atoms with Gasteiger partial charge in [-0.1, -0.05) is 0 Å². The van der Waals surface area contributed by atoms with E-state index in [2.05, 4.69) is 0 Å². The van der Waals surface area contributed by atoms with Gasteiger partial charge < -0.3 is 0 Å². The van der Waals surface area contributed by atoms with Crippen molar-refractivity contribution in [2.45, 2.75) is 5.79 Å². The van der Waals surface area contributed by atoms with Crippen molar-refractivity contribution in [2.24, 2.45) is 0 Å². The van der Waals surface area contributed by atoms with Crippen molar-refractivity contribution < 1.29 is 22.5 Å². The lowest BCUT2D eigenvalue weighted by atomic mass is 10.1. The zero-order valence-electron chi connectivity index (χ0n) is 5.93. The van der Waals surface area contributed by atoms with Crippen LogP contribution in [0.5, 0.6) is 0 Å². The highest BCUT2D eigenvalue weighted by Crippen LogP contribution is 2.39. The monoisotopic (exact) mass is 196 g/mol. The maximum Gasteiger partial charge on any atom is 0.464 e. The summed E-state index contributed by atoms with van der Waals surface area (Å²) in [5.74, 6) is -10.4. The van der Waals surface area contributed by atoms with Crippen LogP contribution in [0.2, 0.25) is 0 Å². The normalized spacial score (nSPS) is 28.8. The second-order valence-corrected chi connectivity index (χ2v) is 2.22. The van der Waals surface area contributed by atoms with Gasteiger partial charge in [-0.25, -0.2) is 8.78 Å². The molecule has 7 heteroatoms. The molecule has 1 rings (SSSR count). The average molecular weight is 196 g/mol. The Morgan fingerprint density at radius 3 is 2.31 bits per heavy atom. The summed E-state index contributed by atoms with van der Waals surface area (Å²) in [5, 5.41) is 9.94. The van der Waals surface area contributed by atoms with Gasteiger partial charge in [0.25, 0.3) is 5.83 Å². The van der Waals surface area contributed by atoms with Crippen molar-refractivity contribution in [2.75, 3.05) is 0 Å². The van der Waals surface area contributed by atoms with E-state index in [1.165, 1.54) is 0 Å². The Morgan fingerprint density at radius 2 is 1.92 bits per heavy atom. The van der Waals surface area contributed by atoms with Crippen LogP contribution in [0.25, 0.3) is 0 Å². The summed E-state index contributed by atoms with van der Waals surface area (Å²) in [7, 11) is 0. The maximum absolute atomic E-state index is 12.9. The summed E-state index contributed by atoms with van der Waals surface area (Å²) in [6, 6.07) is 0. The Kier molecular flexibility index (Phi) is 2.10. The summed E-state index contributed by atoms with van der Waals surface area (Å²) in [6.45, 7) is 0. The third kappa shape index (κ3) is 1.20. The third-order valence-corrected chi connectivity index (χ3v) is 1.44. The third-order valence-electron chi connectivity index (χ3n) is 1.44. The van der Waals surface area contributed by atoms with Crippen LogP contribution in [0, 0.1) is 16.5 Å². The fourth-order valence-electron chi connectivity index (χ4n) is 0.760. The molecular formula is C6H2F4NO2. The lowest BCUT2D eigenvalue weighted by molar-refractivity contribution is -0.587. The second-order valence-electron chi connectivity index (χ2n) is 2.22. The van der Waals surface area contributed by atoms with E-state index < -0.39 is 28.2 Å². The van der Waals surface area contributed by atoms with Gasteiger partial charge in [-0.2, -0.15) is 8.78 Å². The van der Waals surface area contributed by atoms with E-state index >= 15 is 0 Å². The van der Waals surface area contributed by atoms with E-state index in [1.807, 2.05) is 0 Å². The molecule has 1 radical (unpaired) electrons. The molecule has 1 unspecified atom stereocenters. The molecule has 0 aromatic rings. The molecule has 13 heavy (non-hydrogen) atoms. The van der Waals surface area contributed by atoms with Gasteiger partial charge in [-0.3, -0.25) is 10.1 Å². The Bertz CT molecular complexity index is 325. The van der Waals surface area contributed by atoms with Crippen LogP contribution in [0.4, 0.5) is 17.6 Å². The largest absolute Gasteiger partial charge is 0.464 e. The standard InChI is InChI=1S/C6H2F4NO2/c7-3-1-2-4(8)6(10,5(3)9)11(12)13/h1-2H.